The summed E-state index contributed by atoms with van der Waals surface area (Å²) in [7, 11) is 0. The van der Waals surface area contributed by atoms with Gasteiger partial charge in [-0.25, -0.2) is 0 Å². The van der Waals surface area contributed by atoms with Crippen molar-refractivity contribution in [1.82, 2.24) is 4.90 Å². The van der Waals surface area contributed by atoms with Gasteiger partial charge in [-0.2, -0.15) is 13.2 Å². The first kappa shape index (κ1) is 21.7. The summed E-state index contributed by atoms with van der Waals surface area (Å²) in [5, 5.41) is 3.02. The van der Waals surface area contributed by atoms with Crippen molar-refractivity contribution in [3.8, 4) is 0 Å². The topological polar surface area (TPSA) is 35.6 Å². The van der Waals surface area contributed by atoms with Crippen molar-refractivity contribution in [3.63, 3.8) is 0 Å². The van der Waals surface area contributed by atoms with E-state index in [0.29, 0.717) is 31.2 Å². The van der Waals surface area contributed by atoms with Gasteiger partial charge in [-0.1, -0.05) is 35.3 Å². The number of hydrogen-bond acceptors (Lipinski definition) is 3. The maximum atomic E-state index is 13.2. The Kier molecular flexibility index (Phi) is 6.61. The number of para-hydroxylation sites is 1. The van der Waals surface area contributed by atoms with Gasteiger partial charge in [0.2, 0.25) is 5.91 Å². The van der Waals surface area contributed by atoms with Crippen molar-refractivity contribution < 1.29 is 18.0 Å². The molecule has 1 atom stereocenters. The van der Waals surface area contributed by atoms with Crippen molar-refractivity contribution in [2.75, 3.05) is 36.4 Å². The number of halogens is 5. The van der Waals surface area contributed by atoms with Gasteiger partial charge >= 0.3 is 6.18 Å². The largest absolute Gasteiger partial charge is 0.418 e. The minimum atomic E-state index is -4.61. The number of carbonyl (C=O) groups is 1. The zero-order valence-corrected chi connectivity index (χ0v) is 17.2. The molecular formula is C20H20Cl2F3N3O. The predicted molar refractivity (Wildman–Crippen MR) is 110 cm³/mol. The molecule has 29 heavy (non-hydrogen) atoms. The lowest BCUT2D eigenvalue weighted by Crippen LogP contribution is -2.53. The molecule has 156 valence electrons. The van der Waals surface area contributed by atoms with E-state index in [-0.39, 0.29) is 10.7 Å². The highest BCUT2D eigenvalue weighted by molar-refractivity contribution is 6.33. The first-order valence-corrected chi connectivity index (χ1v) is 9.83. The predicted octanol–water partition coefficient (Wildman–Crippen LogP) is 5.16. The van der Waals surface area contributed by atoms with E-state index < -0.39 is 23.7 Å². The number of rotatable bonds is 4. The van der Waals surface area contributed by atoms with Crippen LogP contribution in [0, 0.1) is 0 Å². The fraction of sp³-hybridized carbons (Fsp3) is 0.350. The van der Waals surface area contributed by atoms with Gasteiger partial charge in [0.25, 0.3) is 0 Å². The normalized spacial score (nSPS) is 16.6. The molecule has 2 aromatic carbocycles. The number of anilines is 2. The molecule has 1 aliphatic rings. The highest BCUT2D eigenvalue weighted by Crippen LogP contribution is 2.36. The van der Waals surface area contributed by atoms with E-state index in [1.54, 1.807) is 6.92 Å². The molecule has 1 saturated heterocycles. The van der Waals surface area contributed by atoms with E-state index in [1.165, 1.54) is 12.1 Å². The SMILES string of the molecule is CC(C(=O)Nc1ccc(Cl)cc1C(F)(F)F)N1CCN(c2ccccc2Cl)CC1. The van der Waals surface area contributed by atoms with Crippen LogP contribution in [0.25, 0.3) is 0 Å². The smallest absolute Gasteiger partial charge is 0.368 e. The second-order valence-corrected chi connectivity index (χ2v) is 7.67. The minimum Gasteiger partial charge on any atom is -0.368 e. The molecule has 1 aliphatic heterocycles. The second-order valence-electron chi connectivity index (χ2n) is 6.83. The van der Waals surface area contributed by atoms with E-state index in [1.807, 2.05) is 29.2 Å². The number of hydrogen-bond donors (Lipinski definition) is 1. The summed E-state index contributed by atoms with van der Waals surface area (Å²) in [4.78, 5) is 16.7. The van der Waals surface area contributed by atoms with Gasteiger partial charge in [-0.05, 0) is 37.3 Å². The van der Waals surface area contributed by atoms with Gasteiger partial charge in [0.1, 0.15) is 0 Å². The number of carbonyl (C=O) groups excluding carboxylic acids is 1. The summed E-state index contributed by atoms with van der Waals surface area (Å²) < 4.78 is 39.7. The van der Waals surface area contributed by atoms with Crippen LogP contribution in [0.1, 0.15) is 12.5 Å². The average molecular weight is 446 g/mol. The fourth-order valence-electron chi connectivity index (χ4n) is 3.32. The Labute approximate surface area is 177 Å². The first-order valence-electron chi connectivity index (χ1n) is 9.08. The Bertz CT molecular complexity index is 884. The molecule has 0 aliphatic carbocycles. The third-order valence-electron chi connectivity index (χ3n) is 4.98. The third-order valence-corrected chi connectivity index (χ3v) is 5.53. The summed E-state index contributed by atoms with van der Waals surface area (Å²) in [6, 6.07) is 10.3. The minimum absolute atomic E-state index is 0.0425. The molecule has 0 radical (unpaired) electrons. The number of benzene rings is 2. The van der Waals surface area contributed by atoms with Gasteiger partial charge in [0.05, 0.1) is 28.0 Å². The summed E-state index contributed by atoms with van der Waals surface area (Å²) in [6.45, 7) is 4.19. The third kappa shape index (κ3) is 5.15. The molecule has 1 amide bonds. The molecule has 3 rings (SSSR count). The van der Waals surface area contributed by atoms with Crippen LogP contribution in [0.2, 0.25) is 10.0 Å². The maximum Gasteiger partial charge on any atom is 0.418 e. The Morgan fingerprint density at radius 3 is 2.34 bits per heavy atom. The van der Waals surface area contributed by atoms with E-state index in [0.717, 1.165) is 11.8 Å². The van der Waals surface area contributed by atoms with Crippen molar-refractivity contribution in [2.24, 2.45) is 0 Å². The molecule has 0 bridgehead atoms. The highest BCUT2D eigenvalue weighted by Gasteiger charge is 2.35. The number of nitrogens with zero attached hydrogens (tertiary/aromatic N) is 2. The van der Waals surface area contributed by atoms with Crippen molar-refractivity contribution in [1.29, 1.82) is 0 Å². The fourth-order valence-corrected chi connectivity index (χ4v) is 3.75. The van der Waals surface area contributed by atoms with Crippen LogP contribution in [-0.2, 0) is 11.0 Å². The highest BCUT2D eigenvalue weighted by atomic mass is 35.5. The monoisotopic (exact) mass is 445 g/mol. The van der Waals surface area contributed by atoms with Crippen LogP contribution in [-0.4, -0.2) is 43.0 Å². The Hall–Kier alpha value is -1.96. The molecule has 1 unspecified atom stereocenters. The molecule has 0 saturated carbocycles. The van der Waals surface area contributed by atoms with Gasteiger partial charge < -0.3 is 10.2 Å². The Morgan fingerprint density at radius 2 is 1.72 bits per heavy atom. The van der Waals surface area contributed by atoms with Crippen LogP contribution in [0.15, 0.2) is 42.5 Å². The van der Waals surface area contributed by atoms with Crippen LogP contribution in [0.5, 0.6) is 0 Å². The summed E-state index contributed by atoms with van der Waals surface area (Å²) in [5.74, 6) is -0.496. The number of nitrogens with one attached hydrogen (secondary N) is 1. The number of alkyl halides is 3. The Morgan fingerprint density at radius 1 is 1.07 bits per heavy atom. The summed E-state index contributed by atoms with van der Waals surface area (Å²) in [5.41, 5.74) is -0.329. The van der Waals surface area contributed by atoms with E-state index in [4.69, 9.17) is 23.2 Å². The van der Waals surface area contributed by atoms with Crippen molar-refractivity contribution in [2.45, 2.75) is 19.1 Å². The van der Waals surface area contributed by atoms with Crippen LogP contribution in [0.3, 0.4) is 0 Å². The Balaban J connectivity index is 1.64. The van der Waals surface area contributed by atoms with Gasteiger partial charge in [0, 0.05) is 31.2 Å². The molecule has 0 spiro atoms. The molecule has 2 aromatic rings. The molecule has 0 aromatic heterocycles. The standard InChI is InChI=1S/C20H20Cl2F3N3O/c1-13(19(29)26-17-7-6-14(21)12-15(17)20(23,24)25)27-8-10-28(11-9-27)18-5-3-2-4-16(18)22/h2-7,12-13H,8-11H2,1H3,(H,26,29). The zero-order valence-electron chi connectivity index (χ0n) is 15.6. The first-order chi connectivity index (χ1) is 13.7. The zero-order chi connectivity index (χ0) is 21.2. The van der Waals surface area contributed by atoms with Gasteiger partial charge in [-0.15, -0.1) is 0 Å². The average Bonchev–Trinajstić information content (AvgIpc) is 2.68. The van der Waals surface area contributed by atoms with E-state index in [2.05, 4.69) is 10.2 Å². The second kappa shape index (κ2) is 8.81. The van der Waals surface area contributed by atoms with Crippen LogP contribution >= 0.6 is 23.2 Å². The number of amides is 1. The quantitative estimate of drug-likeness (QED) is 0.705. The summed E-state index contributed by atoms with van der Waals surface area (Å²) in [6.07, 6.45) is -4.61. The van der Waals surface area contributed by atoms with Crippen molar-refractivity contribution >= 4 is 40.5 Å². The molecule has 1 N–H and O–H groups in total. The molecular weight excluding hydrogens is 426 g/mol. The molecule has 9 heteroatoms. The van der Waals surface area contributed by atoms with Crippen LogP contribution < -0.4 is 10.2 Å². The molecule has 4 nitrogen and oxygen atoms in total. The lowest BCUT2D eigenvalue weighted by molar-refractivity contribution is -0.137. The lowest BCUT2D eigenvalue weighted by Gasteiger charge is -2.38. The summed E-state index contributed by atoms with van der Waals surface area (Å²) >= 11 is 11.9. The lowest BCUT2D eigenvalue weighted by atomic mass is 10.1. The maximum absolute atomic E-state index is 13.2. The number of piperazine rings is 1. The van der Waals surface area contributed by atoms with Crippen molar-refractivity contribution in [3.05, 3.63) is 58.1 Å². The van der Waals surface area contributed by atoms with Gasteiger partial charge in [0.15, 0.2) is 0 Å². The van der Waals surface area contributed by atoms with E-state index >= 15 is 0 Å². The molecule has 1 heterocycles. The van der Waals surface area contributed by atoms with Crippen LogP contribution in [0.4, 0.5) is 24.5 Å². The van der Waals surface area contributed by atoms with E-state index in [9.17, 15) is 18.0 Å². The molecule has 1 fully saturated rings. The van der Waals surface area contributed by atoms with Gasteiger partial charge in [-0.3, -0.25) is 9.69 Å².